The summed E-state index contributed by atoms with van der Waals surface area (Å²) in [5.74, 6) is 6.28. The number of hydrogen-bond donors (Lipinski definition) is 1. The molecule has 0 radical (unpaired) electrons. The molecule has 0 aromatic rings. The Morgan fingerprint density at radius 3 is 2.32 bits per heavy atom. The summed E-state index contributed by atoms with van der Waals surface area (Å²) >= 11 is 0. The molecule has 2 rings (SSSR count). The van der Waals surface area contributed by atoms with Gasteiger partial charge in [0.25, 0.3) is 0 Å². The lowest BCUT2D eigenvalue weighted by atomic mass is 9.85. The topological polar surface area (TPSA) is 42.0 Å². The van der Waals surface area contributed by atoms with E-state index < -0.39 is 19.5 Å². The molecule has 2 fully saturated rings. The molecule has 2 aliphatic rings. The fraction of sp³-hybridized carbons (Fsp3) is 0.889. The van der Waals surface area contributed by atoms with Gasteiger partial charge in [0.05, 0.1) is 6.61 Å². The molecule has 22 heavy (non-hydrogen) atoms. The van der Waals surface area contributed by atoms with Crippen LogP contribution in [0.4, 0.5) is 0 Å². The van der Waals surface area contributed by atoms with Gasteiger partial charge in [-0.05, 0) is 50.7 Å². The molecule has 0 aromatic carbocycles. The van der Waals surface area contributed by atoms with Crippen molar-refractivity contribution in [3.63, 3.8) is 0 Å². The van der Waals surface area contributed by atoms with Crippen LogP contribution in [0.25, 0.3) is 0 Å². The van der Waals surface area contributed by atoms with Gasteiger partial charge < -0.3 is 14.3 Å². The van der Waals surface area contributed by atoms with Crippen LogP contribution in [-0.2, 0) is 9.16 Å². The van der Waals surface area contributed by atoms with E-state index >= 15 is 0 Å². The summed E-state index contributed by atoms with van der Waals surface area (Å²) in [5.41, 5.74) is -1.23. The minimum atomic E-state index is -1.74. The molecule has 0 unspecified atom stereocenters. The maximum absolute atomic E-state index is 10.5. The van der Waals surface area contributed by atoms with Gasteiger partial charge in [0.2, 0.25) is 0 Å². The molecule has 3 nitrogen and oxygen atoms in total. The summed E-state index contributed by atoms with van der Waals surface area (Å²) in [6.45, 7) is 13.8. The Morgan fingerprint density at radius 2 is 1.77 bits per heavy atom. The average molecular weight is 325 g/mol. The van der Waals surface area contributed by atoms with Crippen molar-refractivity contribution in [1.29, 1.82) is 0 Å². The van der Waals surface area contributed by atoms with Gasteiger partial charge in [-0.15, -0.1) is 0 Å². The monoisotopic (exact) mass is 324 g/mol. The Hall–Kier alpha value is -0.343. The summed E-state index contributed by atoms with van der Waals surface area (Å²) in [6.07, 6.45) is 4.98. The van der Waals surface area contributed by atoms with Crippen LogP contribution in [0.2, 0.25) is 18.1 Å². The third-order valence-electron chi connectivity index (χ3n) is 5.57. The average Bonchev–Trinajstić information content (AvgIpc) is 3.06. The molecule has 1 aliphatic carbocycles. The van der Waals surface area contributed by atoms with E-state index in [4.69, 9.17) is 9.16 Å². The Bertz CT molecular complexity index is 463. The van der Waals surface area contributed by atoms with E-state index in [0.717, 1.165) is 25.7 Å². The second kappa shape index (κ2) is 5.94. The van der Waals surface area contributed by atoms with Crippen LogP contribution in [-0.4, -0.2) is 37.3 Å². The predicted molar refractivity (Wildman–Crippen MR) is 92.2 cm³/mol. The van der Waals surface area contributed by atoms with Gasteiger partial charge in [-0.1, -0.05) is 39.0 Å². The third-order valence-corrected chi connectivity index (χ3v) is 10.1. The van der Waals surface area contributed by atoms with E-state index in [1.165, 1.54) is 6.42 Å². The highest BCUT2D eigenvalue weighted by atomic mass is 28.4. The van der Waals surface area contributed by atoms with E-state index in [2.05, 4.69) is 45.7 Å². The van der Waals surface area contributed by atoms with Gasteiger partial charge >= 0.3 is 0 Å². The summed E-state index contributed by atoms with van der Waals surface area (Å²) < 4.78 is 12.0. The van der Waals surface area contributed by atoms with Crippen LogP contribution in [0, 0.1) is 11.8 Å². The molecule has 1 heterocycles. The summed E-state index contributed by atoms with van der Waals surface area (Å²) in [4.78, 5) is 0. The van der Waals surface area contributed by atoms with Crippen LogP contribution in [0.3, 0.4) is 0 Å². The molecule has 1 saturated heterocycles. The number of hydrogen-bond acceptors (Lipinski definition) is 3. The highest BCUT2D eigenvalue weighted by Gasteiger charge is 2.53. The molecule has 2 atom stereocenters. The molecule has 1 saturated carbocycles. The second-order valence-corrected chi connectivity index (χ2v) is 13.4. The summed E-state index contributed by atoms with van der Waals surface area (Å²) in [5, 5.41) is 10.7. The largest absolute Gasteiger partial charge is 0.414 e. The third kappa shape index (κ3) is 4.14. The Balaban J connectivity index is 1.88. The molecule has 0 amide bonds. The van der Waals surface area contributed by atoms with E-state index in [1.54, 1.807) is 0 Å². The lowest BCUT2D eigenvalue weighted by Gasteiger charge is -2.36. The number of ether oxygens (including phenoxy) is 1. The highest BCUT2D eigenvalue weighted by molar-refractivity contribution is 6.74. The molecule has 1 N–H and O–H groups in total. The van der Waals surface area contributed by atoms with Crippen molar-refractivity contribution in [3.05, 3.63) is 0 Å². The van der Waals surface area contributed by atoms with Crippen molar-refractivity contribution in [2.45, 2.75) is 95.2 Å². The van der Waals surface area contributed by atoms with E-state index in [9.17, 15) is 5.11 Å². The predicted octanol–water partition coefficient (Wildman–Crippen LogP) is 3.86. The lowest BCUT2D eigenvalue weighted by Crippen LogP contribution is -2.42. The van der Waals surface area contributed by atoms with Gasteiger partial charge in [-0.2, -0.15) is 0 Å². The summed E-state index contributed by atoms with van der Waals surface area (Å²) in [6, 6.07) is 0. The number of epoxide rings is 1. The van der Waals surface area contributed by atoms with Gasteiger partial charge in [-0.25, -0.2) is 0 Å². The first-order valence-corrected chi connectivity index (χ1v) is 11.5. The van der Waals surface area contributed by atoms with Crippen LogP contribution in [0.5, 0.6) is 0 Å². The summed E-state index contributed by atoms with van der Waals surface area (Å²) in [7, 11) is -1.74. The minimum absolute atomic E-state index is 0.0429. The fourth-order valence-electron chi connectivity index (χ4n) is 2.57. The first kappa shape index (κ1) is 18.0. The van der Waals surface area contributed by atoms with Crippen molar-refractivity contribution in [3.8, 4) is 11.8 Å². The molecule has 0 spiro atoms. The van der Waals surface area contributed by atoms with Crippen LogP contribution >= 0.6 is 0 Å². The maximum atomic E-state index is 10.5. The van der Waals surface area contributed by atoms with E-state index in [0.29, 0.717) is 6.61 Å². The standard InChI is InChI=1S/C18H32O3Si/c1-16(2,3)22(5,6)20-14-15-17(4,21-15)12-13-18(19)10-8-7-9-11-18/h15,19H,7-11,14H2,1-6H3/t15-,17+/m0/s1. The Labute approximate surface area is 136 Å². The van der Waals surface area contributed by atoms with Gasteiger partial charge in [-0.3, -0.25) is 0 Å². The quantitative estimate of drug-likeness (QED) is 0.487. The van der Waals surface area contributed by atoms with Crippen molar-refractivity contribution in [1.82, 2.24) is 0 Å². The van der Waals surface area contributed by atoms with Gasteiger partial charge in [0, 0.05) is 0 Å². The zero-order valence-corrected chi connectivity index (χ0v) is 16.1. The molecule has 0 aromatic heterocycles. The molecular weight excluding hydrogens is 292 g/mol. The molecule has 4 heteroatoms. The number of rotatable bonds is 3. The van der Waals surface area contributed by atoms with E-state index in [-0.39, 0.29) is 11.1 Å². The number of aliphatic hydroxyl groups is 1. The zero-order chi connectivity index (χ0) is 16.6. The van der Waals surface area contributed by atoms with Crippen molar-refractivity contribution in [2.75, 3.05) is 6.61 Å². The molecular formula is C18H32O3Si. The normalized spacial score (nSPS) is 31.3. The lowest BCUT2D eigenvalue weighted by molar-refractivity contribution is 0.0607. The van der Waals surface area contributed by atoms with Crippen molar-refractivity contribution < 1.29 is 14.3 Å². The Kier molecular flexibility index (Phi) is 4.86. The smallest absolute Gasteiger partial charge is 0.192 e. The minimum Gasteiger partial charge on any atom is -0.414 e. The van der Waals surface area contributed by atoms with Crippen LogP contribution < -0.4 is 0 Å². The van der Waals surface area contributed by atoms with Crippen LogP contribution in [0.1, 0.15) is 59.8 Å². The SMILES string of the molecule is CC(C)(C)[Si](C)(C)OC[C@@H]1O[C@]1(C)C#CC1(O)CCCCC1. The van der Waals surface area contributed by atoms with Crippen molar-refractivity contribution in [2.24, 2.45) is 0 Å². The molecule has 126 valence electrons. The first-order valence-electron chi connectivity index (χ1n) is 8.56. The molecule has 0 bridgehead atoms. The molecule has 1 aliphatic heterocycles. The fourth-order valence-corrected chi connectivity index (χ4v) is 3.57. The second-order valence-electron chi connectivity index (χ2n) is 8.63. The van der Waals surface area contributed by atoms with Gasteiger partial charge in [0.15, 0.2) is 13.9 Å². The first-order chi connectivity index (χ1) is 9.98. The zero-order valence-electron chi connectivity index (χ0n) is 15.1. The van der Waals surface area contributed by atoms with Crippen LogP contribution in [0.15, 0.2) is 0 Å². The van der Waals surface area contributed by atoms with E-state index in [1.807, 2.05) is 6.92 Å². The van der Waals surface area contributed by atoms with Crippen molar-refractivity contribution >= 4 is 8.32 Å². The Morgan fingerprint density at radius 1 is 1.18 bits per heavy atom. The van der Waals surface area contributed by atoms with Gasteiger partial charge in [0.1, 0.15) is 11.7 Å². The highest BCUT2D eigenvalue weighted by Crippen LogP contribution is 2.40. The maximum Gasteiger partial charge on any atom is 0.192 e.